The van der Waals surface area contributed by atoms with Gasteiger partial charge in [0, 0.05) is 48.1 Å². The zero-order chi connectivity index (χ0) is 23.0. The number of ether oxygens (including phenoxy) is 1. The summed E-state index contributed by atoms with van der Waals surface area (Å²) in [4.78, 5) is 28.0. The minimum absolute atomic E-state index is 0.0325. The van der Waals surface area contributed by atoms with Crippen LogP contribution in [-0.2, 0) is 4.79 Å². The number of hydrogen-bond donors (Lipinski definition) is 3. The highest BCUT2D eigenvalue weighted by Gasteiger charge is 2.19. The van der Waals surface area contributed by atoms with Crippen LogP contribution in [0.4, 0.5) is 0 Å². The van der Waals surface area contributed by atoms with Crippen LogP contribution < -0.4 is 15.4 Å². The van der Waals surface area contributed by atoms with Gasteiger partial charge in [0.2, 0.25) is 5.91 Å². The van der Waals surface area contributed by atoms with E-state index < -0.39 is 0 Å². The third kappa shape index (κ3) is 5.41. The number of H-pyrrole nitrogens is 1. The Balaban J connectivity index is 1.42. The Morgan fingerprint density at radius 1 is 0.909 bits per heavy atom. The minimum atomic E-state index is -0.182. The molecule has 6 nitrogen and oxygen atoms in total. The first-order chi connectivity index (χ1) is 16.2. The normalized spacial score (nSPS) is 11.7. The third-order valence-electron chi connectivity index (χ3n) is 5.69. The summed E-state index contributed by atoms with van der Waals surface area (Å²) >= 11 is 0. The Morgan fingerprint density at radius 3 is 2.39 bits per heavy atom. The Hall–Kier alpha value is -4.06. The van der Waals surface area contributed by atoms with Crippen molar-refractivity contribution in [1.29, 1.82) is 0 Å². The average Bonchev–Trinajstić information content (AvgIpc) is 3.29. The fourth-order valence-corrected chi connectivity index (χ4v) is 3.91. The second kappa shape index (κ2) is 10.5. The molecule has 0 bridgehead atoms. The zero-order valence-electron chi connectivity index (χ0n) is 18.5. The number of benzene rings is 3. The molecule has 33 heavy (non-hydrogen) atoms. The van der Waals surface area contributed by atoms with Gasteiger partial charge in [0.05, 0.1) is 7.11 Å². The Bertz CT molecular complexity index is 1220. The van der Waals surface area contributed by atoms with E-state index in [1.807, 2.05) is 66.9 Å². The second-order valence-electron chi connectivity index (χ2n) is 7.79. The Morgan fingerprint density at radius 2 is 1.64 bits per heavy atom. The van der Waals surface area contributed by atoms with E-state index in [-0.39, 0.29) is 30.7 Å². The maximum Gasteiger partial charge on any atom is 0.251 e. The first kappa shape index (κ1) is 22.1. The lowest BCUT2D eigenvalue weighted by atomic mass is 9.90. The quantitative estimate of drug-likeness (QED) is 0.363. The fraction of sp³-hybridized carbons (Fsp3) is 0.185. The highest BCUT2D eigenvalue weighted by atomic mass is 16.5. The third-order valence-corrected chi connectivity index (χ3v) is 5.69. The molecule has 0 fully saturated rings. The fourth-order valence-electron chi connectivity index (χ4n) is 3.91. The van der Waals surface area contributed by atoms with Crippen LogP contribution in [0.5, 0.6) is 5.75 Å². The van der Waals surface area contributed by atoms with Crippen molar-refractivity contribution < 1.29 is 14.3 Å². The van der Waals surface area contributed by atoms with Gasteiger partial charge in [-0.05, 0) is 41.5 Å². The summed E-state index contributed by atoms with van der Waals surface area (Å²) in [7, 11) is 1.64. The Kier molecular flexibility index (Phi) is 7.05. The van der Waals surface area contributed by atoms with Gasteiger partial charge in [0.15, 0.2) is 0 Å². The van der Waals surface area contributed by atoms with E-state index in [0.29, 0.717) is 12.1 Å². The van der Waals surface area contributed by atoms with Crippen molar-refractivity contribution in [2.75, 3.05) is 20.2 Å². The number of para-hydroxylation sites is 1. The highest BCUT2D eigenvalue weighted by Crippen LogP contribution is 2.31. The molecule has 3 N–H and O–H groups in total. The van der Waals surface area contributed by atoms with Crippen molar-refractivity contribution in [3.8, 4) is 5.75 Å². The van der Waals surface area contributed by atoms with Gasteiger partial charge in [-0.1, -0.05) is 48.5 Å². The molecule has 3 aromatic carbocycles. The molecule has 2 amide bonds. The molecule has 0 aliphatic carbocycles. The molecule has 0 aliphatic heterocycles. The van der Waals surface area contributed by atoms with Gasteiger partial charge in [0.25, 0.3) is 5.91 Å². The van der Waals surface area contributed by atoms with E-state index >= 15 is 0 Å². The van der Waals surface area contributed by atoms with Gasteiger partial charge >= 0.3 is 0 Å². The number of fused-ring (bicyclic) bond motifs is 1. The summed E-state index contributed by atoms with van der Waals surface area (Å²) in [6, 6.07) is 25.0. The van der Waals surface area contributed by atoms with Crippen LogP contribution in [0, 0.1) is 0 Å². The van der Waals surface area contributed by atoms with Crippen LogP contribution in [0.2, 0.25) is 0 Å². The molecule has 0 saturated heterocycles. The van der Waals surface area contributed by atoms with E-state index in [1.165, 1.54) is 0 Å². The van der Waals surface area contributed by atoms with Gasteiger partial charge in [-0.15, -0.1) is 0 Å². The summed E-state index contributed by atoms with van der Waals surface area (Å²) < 4.78 is 5.29. The van der Waals surface area contributed by atoms with E-state index in [2.05, 4.69) is 21.7 Å². The summed E-state index contributed by atoms with van der Waals surface area (Å²) in [5.74, 6) is 0.463. The molecule has 1 atom stereocenters. The van der Waals surface area contributed by atoms with Crippen LogP contribution >= 0.6 is 0 Å². The minimum Gasteiger partial charge on any atom is -0.497 e. The van der Waals surface area contributed by atoms with Crippen molar-refractivity contribution in [3.63, 3.8) is 0 Å². The van der Waals surface area contributed by atoms with Crippen molar-refractivity contribution in [2.24, 2.45) is 0 Å². The Labute approximate surface area is 193 Å². The molecule has 4 aromatic rings. The van der Waals surface area contributed by atoms with Crippen LogP contribution in [0.3, 0.4) is 0 Å². The zero-order valence-corrected chi connectivity index (χ0v) is 18.5. The van der Waals surface area contributed by atoms with Crippen molar-refractivity contribution in [3.05, 3.63) is 102 Å². The molecule has 4 rings (SSSR count). The predicted molar refractivity (Wildman–Crippen MR) is 130 cm³/mol. The molecule has 0 saturated carbocycles. The number of aromatic nitrogens is 1. The molecule has 1 unspecified atom stereocenters. The predicted octanol–water partition coefficient (Wildman–Crippen LogP) is 4.24. The van der Waals surface area contributed by atoms with Gasteiger partial charge in [-0.25, -0.2) is 0 Å². The number of carbonyl (C=O) groups excluding carboxylic acids is 2. The summed E-state index contributed by atoms with van der Waals surface area (Å²) in [5, 5.41) is 6.96. The summed E-state index contributed by atoms with van der Waals surface area (Å²) in [6.07, 6.45) is 2.22. The van der Waals surface area contributed by atoms with Crippen LogP contribution in [0.25, 0.3) is 10.9 Å². The van der Waals surface area contributed by atoms with E-state index in [1.54, 1.807) is 19.2 Å². The number of carbonyl (C=O) groups is 2. The van der Waals surface area contributed by atoms with Gasteiger partial charge in [-0.2, -0.15) is 0 Å². The molecule has 0 radical (unpaired) electrons. The molecule has 6 heteroatoms. The number of nitrogens with one attached hydrogen (secondary N) is 3. The van der Waals surface area contributed by atoms with Crippen molar-refractivity contribution in [1.82, 2.24) is 15.6 Å². The largest absolute Gasteiger partial charge is 0.497 e. The monoisotopic (exact) mass is 441 g/mol. The second-order valence-corrected chi connectivity index (χ2v) is 7.79. The van der Waals surface area contributed by atoms with Crippen molar-refractivity contribution >= 4 is 22.7 Å². The smallest absolute Gasteiger partial charge is 0.251 e. The molecule has 168 valence electrons. The molecule has 1 heterocycles. The molecule has 0 spiro atoms. The standard InChI is InChI=1S/C27H27N3O3/c1-33-21-13-11-19(12-14-21)23(24-18-29-25-10-6-5-9-22(24)25)17-30-26(31)15-16-28-27(32)20-7-3-2-4-8-20/h2-14,18,23,29H,15-17H2,1H3,(H,28,32)(H,30,31). The summed E-state index contributed by atoms with van der Waals surface area (Å²) in [5.41, 5.74) is 3.84. The number of methoxy groups -OCH3 is 1. The van der Waals surface area contributed by atoms with Crippen molar-refractivity contribution in [2.45, 2.75) is 12.3 Å². The van der Waals surface area contributed by atoms with E-state index in [9.17, 15) is 9.59 Å². The van der Waals surface area contributed by atoms with E-state index in [0.717, 1.165) is 27.8 Å². The van der Waals surface area contributed by atoms with Crippen LogP contribution in [0.15, 0.2) is 85.1 Å². The lowest BCUT2D eigenvalue weighted by Crippen LogP contribution is -2.33. The molecule has 1 aromatic heterocycles. The van der Waals surface area contributed by atoms with Crippen LogP contribution in [0.1, 0.15) is 33.8 Å². The van der Waals surface area contributed by atoms with Gasteiger partial charge in [-0.3, -0.25) is 9.59 Å². The number of amides is 2. The first-order valence-corrected chi connectivity index (χ1v) is 11.0. The number of rotatable bonds is 9. The topological polar surface area (TPSA) is 83.2 Å². The average molecular weight is 442 g/mol. The molecular weight excluding hydrogens is 414 g/mol. The van der Waals surface area contributed by atoms with Crippen LogP contribution in [-0.4, -0.2) is 37.0 Å². The SMILES string of the molecule is COc1ccc(C(CNC(=O)CCNC(=O)c2ccccc2)c2c[nH]c3ccccc23)cc1. The number of aromatic amines is 1. The lowest BCUT2D eigenvalue weighted by Gasteiger charge is -2.19. The highest BCUT2D eigenvalue weighted by molar-refractivity contribution is 5.94. The maximum atomic E-state index is 12.5. The summed E-state index contributed by atoms with van der Waals surface area (Å²) in [6.45, 7) is 0.722. The molecule has 0 aliphatic rings. The first-order valence-electron chi connectivity index (χ1n) is 11.0. The van der Waals surface area contributed by atoms with E-state index in [4.69, 9.17) is 4.74 Å². The maximum absolute atomic E-state index is 12.5. The van der Waals surface area contributed by atoms with Gasteiger partial charge < -0.3 is 20.4 Å². The van der Waals surface area contributed by atoms with Gasteiger partial charge in [0.1, 0.15) is 5.75 Å². The molecular formula is C27H27N3O3. The number of hydrogen-bond acceptors (Lipinski definition) is 3. The lowest BCUT2D eigenvalue weighted by molar-refractivity contribution is -0.120.